The molecule has 1 aromatic carbocycles. The molecule has 6 heteroatoms. The van der Waals surface area contributed by atoms with E-state index in [-0.39, 0.29) is 5.91 Å². The van der Waals surface area contributed by atoms with Crippen LogP contribution in [0.1, 0.15) is 41.4 Å². The summed E-state index contributed by atoms with van der Waals surface area (Å²) >= 11 is 0. The zero-order valence-corrected chi connectivity index (χ0v) is 16.6. The normalized spacial score (nSPS) is 11.0. The number of aromatic nitrogens is 3. The SMILES string of the molecule is COCCN(Cc1cccnc1)C(=O)c1cccc(-c2cn[nH]c2C(C)C)c1. The lowest BCUT2D eigenvalue weighted by Crippen LogP contribution is -2.33. The van der Waals surface area contributed by atoms with Crippen LogP contribution in [0, 0.1) is 0 Å². The van der Waals surface area contributed by atoms with Gasteiger partial charge in [-0.2, -0.15) is 5.10 Å². The molecule has 1 N–H and O–H groups in total. The number of carbonyl (C=O) groups is 1. The molecule has 0 saturated heterocycles. The number of nitrogens with zero attached hydrogens (tertiary/aromatic N) is 3. The number of methoxy groups -OCH3 is 1. The van der Waals surface area contributed by atoms with Crippen molar-refractivity contribution < 1.29 is 9.53 Å². The highest BCUT2D eigenvalue weighted by molar-refractivity contribution is 5.95. The molecule has 0 fully saturated rings. The van der Waals surface area contributed by atoms with E-state index in [2.05, 4.69) is 29.0 Å². The maximum atomic E-state index is 13.2. The van der Waals surface area contributed by atoms with E-state index in [1.807, 2.05) is 42.6 Å². The van der Waals surface area contributed by atoms with E-state index in [1.165, 1.54) is 0 Å². The fraction of sp³-hybridized carbons (Fsp3) is 0.318. The third-order valence-electron chi connectivity index (χ3n) is 4.62. The first-order valence-corrected chi connectivity index (χ1v) is 9.41. The zero-order valence-electron chi connectivity index (χ0n) is 16.6. The van der Waals surface area contributed by atoms with Crippen LogP contribution in [0.3, 0.4) is 0 Å². The minimum atomic E-state index is -0.0302. The number of carbonyl (C=O) groups excluding carboxylic acids is 1. The molecule has 6 nitrogen and oxygen atoms in total. The highest BCUT2D eigenvalue weighted by atomic mass is 16.5. The van der Waals surface area contributed by atoms with E-state index in [4.69, 9.17) is 4.74 Å². The first kappa shape index (κ1) is 19.8. The van der Waals surface area contributed by atoms with Gasteiger partial charge in [-0.15, -0.1) is 0 Å². The number of benzene rings is 1. The molecule has 28 heavy (non-hydrogen) atoms. The summed E-state index contributed by atoms with van der Waals surface area (Å²) in [5.74, 6) is 0.290. The van der Waals surface area contributed by atoms with Crippen molar-refractivity contribution in [2.45, 2.75) is 26.3 Å². The van der Waals surface area contributed by atoms with Gasteiger partial charge in [0.15, 0.2) is 0 Å². The van der Waals surface area contributed by atoms with Gasteiger partial charge < -0.3 is 9.64 Å². The zero-order chi connectivity index (χ0) is 19.9. The van der Waals surface area contributed by atoms with Gasteiger partial charge in [-0.1, -0.05) is 32.0 Å². The largest absolute Gasteiger partial charge is 0.383 e. The second kappa shape index (κ2) is 9.28. The van der Waals surface area contributed by atoms with Gasteiger partial charge in [0.1, 0.15) is 0 Å². The molecule has 0 unspecified atom stereocenters. The fourth-order valence-electron chi connectivity index (χ4n) is 3.13. The first-order valence-electron chi connectivity index (χ1n) is 9.41. The summed E-state index contributed by atoms with van der Waals surface area (Å²) in [6.07, 6.45) is 5.33. The Labute approximate surface area is 165 Å². The molecule has 0 bridgehead atoms. The Morgan fingerprint density at radius 1 is 1.21 bits per heavy atom. The number of rotatable bonds is 8. The van der Waals surface area contributed by atoms with Crippen LogP contribution in [0.25, 0.3) is 11.1 Å². The molecule has 0 spiro atoms. The quantitative estimate of drug-likeness (QED) is 0.646. The molecule has 2 heterocycles. The summed E-state index contributed by atoms with van der Waals surface area (Å²) in [7, 11) is 1.64. The topological polar surface area (TPSA) is 71.1 Å². The van der Waals surface area contributed by atoms with Crippen LogP contribution in [0.5, 0.6) is 0 Å². The van der Waals surface area contributed by atoms with Crippen LogP contribution in [0.2, 0.25) is 0 Å². The maximum Gasteiger partial charge on any atom is 0.254 e. The Balaban J connectivity index is 1.87. The van der Waals surface area contributed by atoms with Crippen molar-refractivity contribution in [2.24, 2.45) is 0 Å². The number of ether oxygens (including phenoxy) is 1. The number of pyridine rings is 1. The maximum absolute atomic E-state index is 13.2. The minimum absolute atomic E-state index is 0.0302. The van der Waals surface area contributed by atoms with Crippen molar-refractivity contribution in [3.05, 3.63) is 71.8 Å². The molecule has 1 amide bonds. The average Bonchev–Trinajstić information content (AvgIpc) is 3.22. The van der Waals surface area contributed by atoms with Crippen molar-refractivity contribution in [2.75, 3.05) is 20.3 Å². The molecule has 0 saturated carbocycles. The summed E-state index contributed by atoms with van der Waals surface area (Å²) in [5, 5.41) is 7.25. The molecule has 3 rings (SSSR count). The van der Waals surface area contributed by atoms with Crippen LogP contribution in [-0.2, 0) is 11.3 Å². The third-order valence-corrected chi connectivity index (χ3v) is 4.62. The minimum Gasteiger partial charge on any atom is -0.383 e. The number of amides is 1. The molecule has 3 aromatic rings. The van der Waals surface area contributed by atoms with E-state index in [0.29, 0.717) is 31.2 Å². The molecule has 2 aromatic heterocycles. The summed E-state index contributed by atoms with van der Waals surface area (Å²) < 4.78 is 5.20. The molecule has 0 radical (unpaired) electrons. The highest BCUT2D eigenvalue weighted by Gasteiger charge is 2.18. The fourth-order valence-corrected chi connectivity index (χ4v) is 3.13. The monoisotopic (exact) mass is 378 g/mol. The van der Waals surface area contributed by atoms with E-state index in [1.54, 1.807) is 24.4 Å². The number of aromatic amines is 1. The molecule has 0 atom stereocenters. The number of hydrogen-bond donors (Lipinski definition) is 1. The molecule has 0 aliphatic rings. The Kier molecular flexibility index (Phi) is 6.55. The first-order chi connectivity index (χ1) is 13.6. The molecule has 146 valence electrons. The summed E-state index contributed by atoms with van der Waals surface area (Å²) in [6, 6.07) is 11.6. The smallest absolute Gasteiger partial charge is 0.254 e. The Morgan fingerprint density at radius 2 is 2.07 bits per heavy atom. The van der Waals surface area contributed by atoms with Gasteiger partial charge in [0.25, 0.3) is 5.91 Å². The average molecular weight is 378 g/mol. The predicted molar refractivity (Wildman–Crippen MR) is 109 cm³/mol. The number of H-pyrrole nitrogens is 1. The van der Waals surface area contributed by atoms with Gasteiger partial charge in [-0.25, -0.2) is 0 Å². The third kappa shape index (κ3) is 4.64. The molecule has 0 aliphatic carbocycles. The van der Waals surface area contributed by atoms with Gasteiger partial charge in [-0.05, 0) is 35.2 Å². The molecular weight excluding hydrogens is 352 g/mol. The van der Waals surface area contributed by atoms with Crippen LogP contribution in [0.15, 0.2) is 55.0 Å². The van der Waals surface area contributed by atoms with Gasteiger partial charge in [-0.3, -0.25) is 14.9 Å². The van der Waals surface area contributed by atoms with Crippen molar-refractivity contribution in [3.8, 4) is 11.1 Å². The van der Waals surface area contributed by atoms with Crippen molar-refractivity contribution in [3.63, 3.8) is 0 Å². The van der Waals surface area contributed by atoms with Crippen molar-refractivity contribution in [1.82, 2.24) is 20.1 Å². The Morgan fingerprint density at radius 3 is 2.79 bits per heavy atom. The second-order valence-corrected chi connectivity index (χ2v) is 7.01. The van der Waals surface area contributed by atoms with E-state index >= 15 is 0 Å². The molecule has 0 aliphatic heterocycles. The van der Waals surface area contributed by atoms with Crippen LogP contribution in [0.4, 0.5) is 0 Å². The van der Waals surface area contributed by atoms with Gasteiger partial charge >= 0.3 is 0 Å². The van der Waals surface area contributed by atoms with E-state index < -0.39 is 0 Å². The predicted octanol–water partition coefficient (Wildman–Crippen LogP) is 3.88. The standard InChI is InChI=1S/C22H26N4O2/c1-16(2)21-20(14-24-25-21)18-7-4-8-19(12-18)22(27)26(10-11-28-3)15-17-6-5-9-23-13-17/h4-9,12-14,16H,10-11,15H2,1-3H3,(H,24,25). The van der Waals surface area contributed by atoms with Gasteiger partial charge in [0.2, 0.25) is 0 Å². The van der Waals surface area contributed by atoms with Gasteiger partial charge in [0.05, 0.1) is 12.8 Å². The summed E-state index contributed by atoms with van der Waals surface area (Å²) in [5.41, 5.74) is 4.71. The summed E-state index contributed by atoms with van der Waals surface area (Å²) in [4.78, 5) is 19.2. The Bertz CT molecular complexity index is 906. The number of nitrogens with one attached hydrogen (secondary N) is 1. The lowest BCUT2D eigenvalue weighted by molar-refractivity contribution is 0.0680. The summed E-state index contributed by atoms with van der Waals surface area (Å²) in [6.45, 7) is 5.71. The van der Waals surface area contributed by atoms with Crippen LogP contribution in [-0.4, -0.2) is 46.2 Å². The second-order valence-electron chi connectivity index (χ2n) is 7.01. The van der Waals surface area contributed by atoms with Crippen LogP contribution < -0.4 is 0 Å². The van der Waals surface area contributed by atoms with Gasteiger partial charge in [0, 0.05) is 49.4 Å². The molecular formula is C22H26N4O2. The number of hydrogen-bond acceptors (Lipinski definition) is 4. The van der Waals surface area contributed by atoms with Crippen LogP contribution >= 0.6 is 0 Å². The van der Waals surface area contributed by atoms with E-state index in [0.717, 1.165) is 22.4 Å². The van der Waals surface area contributed by atoms with Crippen molar-refractivity contribution in [1.29, 1.82) is 0 Å². The Hall–Kier alpha value is -2.99. The van der Waals surface area contributed by atoms with Crippen molar-refractivity contribution >= 4 is 5.91 Å². The lowest BCUT2D eigenvalue weighted by Gasteiger charge is -2.23. The van der Waals surface area contributed by atoms with E-state index in [9.17, 15) is 4.79 Å². The lowest BCUT2D eigenvalue weighted by atomic mass is 9.98. The highest BCUT2D eigenvalue weighted by Crippen LogP contribution is 2.28.